The number of rotatable bonds is 8. The zero-order valence-corrected chi connectivity index (χ0v) is 24.5. The molecule has 0 radical (unpaired) electrons. The minimum atomic E-state index is -0.503. The third kappa shape index (κ3) is 5.35. The molecule has 6 rings (SSSR count). The summed E-state index contributed by atoms with van der Waals surface area (Å²) in [7, 11) is 1.68. The Kier molecular flexibility index (Phi) is 7.43. The van der Waals surface area contributed by atoms with Crippen LogP contribution in [0, 0.1) is 0 Å². The summed E-state index contributed by atoms with van der Waals surface area (Å²) in [6, 6.07) is 17.6. The number of pyridine rings is 1. The van der Waals surface area contributed by atoms with Crippen LogP contribution in [0.5, 0.6) is 5.19 Å². The van der Waals surface area contributed by atoms with E-state index in [0.29, 0.717) is 56.9 Å². The molecule has 12 heteroatoms. The number of nitrogens with two attached hydrogens (primary N) is 1. The summed E-state index contributed by atoms with van der Waals surface area (Å²) in [5.41, 5.74) is 9.48. The third-order valence-electron chi connectivity index (χ3n) is 6.91. The van der Waals surface area contributed by atoms with Crippen molar-refractivity contribution in [2.45, 2.75) is 19.9 Å². The highest BCUT2D eigenvalue weighted by Crippen LogP contribution is 2.33. The predicted molar refractivity (Wildman–Crippen MR) is 169 cm³/mol. The second kappa shape index (κ2) is 11.5. The number of fused-ring (bicyclic) bond motifs is 1. The lowest BCUT2D eigenvalue weighted by atomic mass is 10.0. The van der Waals surface area contributed by atoms with E-state index in [1.807, 2.05) is 67.8 Å². The zero-order chi connectivity index (χ0) is 30.1. The van der Waals surface area contributed by atoms with Crippen LogP contribution in [0.25, 0.3) is 39.0 Å². The van der Waals surface area contributed by atoms with Crippen molar-refractivity contribution >= 4 is 34.0 Å². The lowest BCUT2D eigenvalue weighted by Crippen LogP contribution is -2.28. The molecule has 0 aliphatic carbocycles. The van der Waals surface area contributed by atoms with E-state index in [1.54, 1.807) is 30.1 Å². The summed E-state index contributed by atoms with van der Waals surface area (Å²) in [5.74, 6) is 1.01. The molecule has 0 aliphatic rings. The van der Waals surface area contributed by atoms with Gasteiger partial charge in [-0.1, -0.05) is 41.7 Å². The van der Waals surface area contributed by atoms with E-state index in [4.69, 9.17) is 15.5 Å². The molecule has 216 valence electrons. The van der Waals surface area contributed by atoms with Crippen molar-refractivity contribution in [1.29, 1.82) is 0 Å². The Hall–Kier alpha value is -5.36. The van der Waals surface area contributed by atoms with E-state index in [0.717, 1.165) is 5.56 Å². The van der Waals surface area contributed by atoms with E-state index >= 15 is 0 Å². The number of aryl methyl sites for hydroxylation is 1. The smallest absolute Gasteiger partial charge is 0.273 e. The van der Waals surface area contributed by atoms with Crippen molar-refractivity contribution in [3.05, 3.63) is 105 Å². The Morgan fingerprint density at radius 2 is 1.81 bits per heavy atom. The standard InChI is InChI=1S/C31H28N8O3S/c1-4-42-31-36-24(17-43-31)22-15-33-30(32)37-27(22)34-18(2)28-35-23-12-8-11-21(19-13-14-25(40)38(3)16-19)26(23)29(41)39(28)20-9-6-5-7-10-20/h5-18H,4H2,1-3H3,(H3,32,33,34,37)/t18-/m1/s1. The molecule has 0 bridgehead atoms. The molecule has 0 saturated heterocycles. The van der Waals surface area contributed by atoms with Crippen LogP contribution in [0.2, 0.25) is 0 Å². The summed E-state index contributed by atoms with van der Waals surface area (Å²) in [5, 5.41) is 6.25. The highest BCUT2D eigenvalue weighted by molar-refractivity contribution is 7.11. The normalized spacial score (nSPS) is 11.9. The van der Waals surface area contributed by atoms with Crippen molar-refractivity contribution in [3.63, 3.8) is 0 Å². The minimum Gasteiger partial charge on any atom is -0.470 e. The van der Waals surface area contributed by atoms with Crippen LogP contribution in [0.3, 0.4) is 0 Å². The SMILES string of the molecule is CCOc1nc(-c2cnc(N)nc2N[C@H](C)c2nc3cccc(-c4ccc(=O)n(C)c4)c3c(=O)n2-c2ccccc2)cs1. The van der Waals surface area contributed by atoms with E-state index in [9.17, 15) is 9.59 Å². The topological polar surface area (TPSA) is 143 Å². The van der Waals surface area contributed by atoms with Gasteiger partial charge in [0.2, 0.25) is 11.5 Å². The largest absolute Gasteiger partial charge is 0.470 e. The average molecular weight is 593 g/mol. The van der Waals surface area contributed by atoms with Gasteiger partial charge in [-0.05, 0) is 49.2 Å². The Morgan fingerprint density at radius 3 is 2.58 bits per heavy atom. The molecule has 4 aromatic heterocycles. The highest BCUT2D eigenvalue weighted by Gasteiger charge is 2.22. The lowest BCUT2D eigenvalue weighted by Gasteiger charge is -2.21. The van der Waals surface area contributed by atoms with E-state index in [2.05, 4.69) is 20.3 Å². The molecule has 11 nitrogen and oxygen atoms in total. The molecule has 0 saturated carbocycles. The molecule has 1 atom stereocenters. The maximum absolute atomic E-state index is 14.4. The molecule has 6 aromatic rings. The van der Waals surface area contributed by atoms with Gasteiger partial charge in [0.05, 0.1) is 40.5 Å². The van der Waals surface area contributed by atoms with Gasteiger partial charge in [0.15, 0.2) is 0 Å². The van der Waals surface area contributed by atoms with Crippen LogP contribution in [-0.4, -0.2) is 35.7 Å². The number of nitrogens with zero attached hydrogens (tertiary/aromatic N) is 6. The molecule has 0 unspecified atom stereocenters. The second-order valence-electron chi connectivity index (χ2n) is 9.80. The molecule has 3 N–H and O–H groups in total. The number of benzene rings is 2. The van der Waals surface area contributed by atoms with Crippen LogP contribution in [0.1, 0.15) is 25.7 Å². The molecule has 4 heterocycles. The fraction of sp³-hybridized carbons (Fsp3) is 0.161. The first-order valence-electron chi connectivity index (χ1n) is 13.6. The van der Waals surface area contributed by atoms with Crippen LogP contribution in [0.15, 0.2) is 88.0 Å². The van der Waals surface area contributed by atoms with Gasteiger partial charge in [0, 0.05) is 30.9 Å². The Balaban J connectivity index is 1.51. The third-order valence-corrected chi connectivity index (χ3v) is 7.66. The highest BCUT2D eigenvalue weighted by atomic mass is 32.1. The molecule has 0 spiro atoms. The Labute approximate surface area is 250 Å². The second-order valence-corrected chi connectivity index (χ2v) is 10.6. The number of anilines is 2. The number of thiazole rings is 1. The summed E-state index contributed by atoms with van der Waals surface area (Å²) in [6.45, 7) is 4.30. The molecule has 0 aliphatic heterocycles. The van der Waals surface area contributed by atoms with Crippen molar-refractivity contribution < 1.29 is 4.74 Å². The van der Waals surface area contributed by atoms with Gasteiger partial charge in [-0.3, -0.25) is 14.2 Å². The molecule has 0 fully saturated rings. The number of aromatic nitrogens is 6. The first kappa shape index (κ1) is 27.8. The van der Waals surface area contributed by atoms with Crippen LogP contribution in [0.4, 0.5) is 11.8 Å². The number of ether oxygens (including phenoxy) is 1. The quantitative estimate of drug-likeness (QED) is 0.254. The summed E-state index contributed by atoms with van der Waals surface area (Å²) in [6.07, 6.45) is 3.33. The van der Waals surface area contributed by atoms with Gasteiger partial charge < -0.3 is 20.4 Å². The molecular formula is C31H28N8O3S. The molecular weight excluding hydrogens is 564 g/mol. The summed E-state index contributed by atoms with van der Waals surface area (Å²) in [4.78, 5) is 44.7. The van der Waals surface area contributed by atoms with Gasteiger partial charge in [-0.25, -0.2) is 15.0 Å². The number of para-hydroxylation sites is 1. The predicted octanol–water partition coefficient (Wildman–Crippen LogP) is 4.82. The molecule has 43 heavy (non-hydrogen) atoms. The first-order valence-corrected chi connectivity index (χ1v) is 14.5. The van der Waals surface area contributed by atoms with Crippen molar-refractivity contribution in [2.24, 2.45) is 7.05 Å². The number of hydrogen-bond donors (Lipinski definition) is 2. The van der Waals surface area contributed by atoms with Crippen LogP contribution >= 0.6 is 11.3 Å². The fourth-order valence-corrected chi connectivity index (χ4v) is 5.62. The van der Waals surface area contributed by atoms with Gasteiger partial charge in [-0.15, -0.1) is 0 Å². The number of hydrogen-bond acceptors (Lipinski definition) is 10. The van der Waals surface area contributed by atoms with Crippen molar-refractivity contribution in [3.8, 4) is 33.3 Å². The van der Waals surface area contributed by atoms with Gasteiger partial charge >= 0.3 is 0 Å². The summed E-state index contributed by atoms with van der Waals surface area (Å²) >= 11 is 1.38. The van der Waals surface area contributed by atoms with Crippen molar-refractivity contribution in [1.82, 2.24) is 29.1 Å². The first-order chi connectivity index (χ1) is 20.8. The lowest BCUT2D eigenvalue weighted by molar-refractivity contribution is 0.338. The Bertz CT molecular complexity index is 2070. The van der Waals surface area contributed by atoms with E-state index < -0.39 is 6.04 Å². The van der Waals surface area contributed by atoms with E-state index in [-0.39, 0.29) is 17.1 Å². The Morgan fingerprint density at radius 1 is 1.00 bits per heavy atom. The van der Waals surface area contributed by atoms with Gasteiger partial charge in [0.25, 0.3) is 10.8 Å². The molecule has 2 aromatic carbocycles. The molecule has 0 amide bonds. The van der Waals surface area contributed by atoms with Crippen LogP contribution < -0.4 is 26.9 Å². The van der Waals surface area contributed by atoms with Crippen LogP contribution in [-0.2, 0) is 7.05 Å². The minimum absolute atomic E-state index is 0.0903. The van der Waals surface area contributed by atoms with E-state index in [1.165, 1.54) is 22.0 Å². The fourth-order valence-electron chi connectivity index (χ4n) is 4.89. The maximum Gasteiger partial charge on any atom is 0.273 e. The summed E-state index contributed by atoms with van der Waals surface area (Å²) < 4.78 is 8.64. The number of nitrogens with one attached hydrogen (secondary N) is 1. The monoisotopic (exact) mass is 592 g/mol. The zero-order valence-electron chi connectivity index (χ0n) is 23.7. The van der Waals surface area contributed by atoms with Gasteiger partial charge in [-0.2, -0.15) is 4.98 Å². The van der Waals surface area contributed by atoms with Gasteiger partial charge in [0.1, 0.15) is 11.6 Å². The maximum atomic E-state index is 14.4. The average Bonchev–Trinajstić information content (AvgIpc) is 3.47. The number of nitrogen functional groups attached to an aromatic ring is 1. The van der Waals surface area contributed by atoms with Crippen molar-refractivity contribution in [2.75, 3.05) is 17.7 Å².